The van der Waals surface area contributed by atoms with E-state index in [9.17, 15) is 14.7 Å². The summed E-state index contributed by atoms with van der Waals surface area (Å²) >= 11 is 1.36. The van der Waals surface area contributed by atoms with Crippen LogP contribution in [-0.2, 0) is 16.1 Å². The summed E-state index contributed by atoms with van der Waals surface area (Å²) in [4.78, 5) is 32.2. The standard InChI is InChI=1S/C27H27N3O4S/c1-34-23-14-8-6-12-21(23)28-27-30(19-9-3-2-4-10-19)26(33)24(35-27)15-18-16-29(17-25(31)32)22-13-7-5-11-20(18)22/h5-8,11-16,19H,2-4,9-10,17H2,1H3,(H,31,32)/p-1/b24-15-,28-27?. The molecule has 2 aliphatic rings. The fraction of sp³-hybridized carbons (Fsp3) is 0.296. The van der Waals surface area contributed by atoms with Gasteiger partial charge in [-0.2, -0.15) is 0 Å². The molecule has 1 aromatic heterocycles. The lowest BCUT2D eigenvalue weighted by Crippen LogP contribution is -2.40. The summed E-state index contributed by atoms with van der Waals surface area (Å²) in [6, 6.07) is 15.2. The third-order valence-electron chi connectivity index (χ3n) is 6.48. The topological polar surface area (TPSA) is 87.0 Å². The molecule has 0 bridgehead atoms. The molecule has 3 aromatic rings. The summed E-state index contributed by atoms with van der Waals surface area (Å²) < 4.78 is 7.12. The number of fused-ring (bicyclic) bond motifs is 1. The normalized spacial score (nSPS) is 19.2. The number of methoxy groups -OCH3 is 1. The van der Waals surface area contributed by atoms with E-state index in [0.717, 1.165) is 42.1 Å². The Morgan fingerprint density at radius 2 is 1.89 bits per heavy atom. The number of aromatic nitrogens is 1. The predicted molar refractivity (Wildman–Crippen MR) is 136 cm³/mol. The molecular formula is C27H26N3O4S-. The number of aliphatic imine (C=N–C) groups is 1. The van der Waals surface area contributed by atoms with Crippen molar-refractivity contribution in [3.8, 4) is 5.75 Å². The molecule has 0 unspecified atom stereocenters. The number of amides is 1. The predicted octanol–water partition coefficient (Wildman–Crippen LogP) is 4.34. The quantitative estimate of drug-likeness (QED) is 0.482. The van der Waals surface area contributed by atoms with Crippen molar-refractivity contribution in [2.45, 2.75) is 44.7 Å². The van der Waals surface area contributed by atoms with Crippen LogP contribution in [0.4, 0.5) is 5.69 Å². The van der Waals surface area contributed by atoms with E-state index in [1.807, 2.05) is 59.5 Å². The van der Waals surface area contributed by atoms with Gasteiger partial charge in [0.25, 0.3) is 5.91 Å². The fourth-order valence-electron chi connectivity index (χ4n) is 4.85. The molecule has 1 aliphatic heterocycles. The first-order valence-corrected chi connectivity index (χ1v) is 12.6. The molecule has 0 atom stereocenters. The number of aliphatic carboxylic acids is 1. The Morgan fingerprint density at radius 1 is 1.14 bits per heavy atom. The lowest BCUT2D eigenvalue weighted by molar-refractivity contribution is -0.306. The minimum Gasteiger partial charge on any atom is -0.548 e. The van der Waals surface area contributed by atoms with Crippen molar-refractivity contribution in [3.05, 3.63) is 65.2 Å². The van der Waals surface area contributed by atoms with Crippen LogP contribution in [0.5, 0.6) is 5.75 Å². The van der Waals surface area contributed by atoms with Crippen molar-refractivity contribution < 1.29 is 19.4 Å². The molecule has 8 heteroatoms. The van der Waals surface area contributed by atoms with Crippen molar-refractivity contribution in [2.75, 3.05) is 7.11 Å². The van der Waals surface area contributed by atoms with Gasteiger partial charge in [-0.15, -0.1) is 0 Å². The van der Waals surface area contributed by atoms with Crippen molar-refractivity contribution in [1.29, 1.82) is 0 Å². The number of carbonyl (C=O) groups is 2. The molecule has 1 saturated carbocycles. The average molecular weight is 489 g/mol. The second-order valence-corrected chi connectivity index (χ2v) is 9.75. The fourth-order valence-corrected chi connectivity index (χ4v) is 5.89. The zero-order valence-corrected chi connectivity index (χ0v) is 20.3. The minimum absolute atomic E-state index is 0.0627. The van der Waals surface area contributed by atoms with Crippen LogP contribution < -0.4 is 9.84 Å². The number of rotatable bonds is 6. The summed E-state index contributed by atoms with van der Waals surface area (Å²) in [7, 11) is 1.61. The first-order chi connectivity index (χ1) is 17.0. The monoisotopic (exact) mass is 488 g/mol. The van der Waals surface area contributed by atoms with E-state index in [1.165, 1.54) is 18.2 Å². The molecule has 1 amide bonds. The maximum absolute atomic E-state index is 13.7. The highest BCUT2D eigenvalue weighted by Crippen LogP contribution is 2.40. The molecule has 5 rings (SSSR count). The van der Waals surface area contributed by atoms with Crippen LogP contribution in [0, 0.1) is 0 Å². The third-order valence-corrected chi connectivity index (χ3v) is 7.47. The van der Waals surface area contributed by atoms with Crippen molar-refractivity contribution >= 4 is 51.5 Å². The van der Waals surface area contributed by atoms with E-state index in [-0.39, 0.29) is 18.5 Å². The number of hydrogen-bond donors (Lipinski definition) is 0. The number of ether oxygens (including phenoxy) is 1. The summed E-state index contributed by atoms with van der Waals surface area (Å²) in [6.45, 7) is -0.251. The molecule has 2 heterocycles. The van der Waals surface area contributed by atoms with Crippen molar-refractivity contribution in [3.63, 3.8) is 0 Å². The molecule has 0 spiro atoms. The van der Waals surface area contributed by atoms with E-state index in [4.69, 9.17) is 9.73 Å². The molecule has 0 N–H and O–H groups in total. The van der Waals surface area contributed by atoms with Gasteiger partial charge in [0.05, 0.1) is 24.5 Å². The van der Waals surface area contributed by atoms with Crippen LogP contribution in [0.15, 0.2) is 64.6 Å². The highest BCUT2D eigenvalue weighted by molar-refractivity contribution is 8.18. The maximum Gasteiger partial charge on any atom is 0.267 e. The molecule has 1 saturated heterocycles. The van der Waals surface area contributed by atoms with Gasteiger partial charge in [0.15, 0.2) is 5.17 Å². The molecule has 2 aromatic carbocycles. The molecule has 180 valence electrons. The molecular weight excluding hydrogens is 462 g/mol. The zero-order chi connectivity index (χ0) is 24.4. The summed E-state index contributed by atoms with van der Waals surface area (Å²) in [6.07, 6.45) is 8.90. The van der Waals surface area contributed by atoms with Crippen molar-refractivity contribution in [2.24, 2.45) is 4.99 Å². The average Bonchev–Trinajstić information content (AvgIpc) is 3.36. The van der Waals surface area contributed by atoms with E-state index in [1.54, 1.807) is 17.9 Å². The highest BCUT2D eigenvalue weighted by atomic mass is 32.2. The number of benzene rings is 2. The lowest BCUT2D eigenvalue weighted by Gasteiger charge is -2.30. The smallest absolute Gasteiger partial charge is 0.267 e. The SMILES string of the molecule is COc1ccccc1N=C1S/C(=C\c2cn(CC(=O)[O-])c3ccccc23)C(=O)N1C1CCCCC1. The second kappa shape index (κ2) is 10.00. The van der Waals surface area contributed by atoms with E-state index in [0.29, 0.717) is 21.5 Å². The van der Waals surface area contributed by atoms with Crippen LogP contribution in [-0.4, -0.2) is 39.7 Å². The minimum atomic E-state index is -1.16. The first-order valence-electron chi connectivity index (χ1n) is 11.8. The van der Waals surface area contributed by atoms with Gasteiger partial charge in [0.2, 0.25) is 0 Å². The third kappa shape index (κ3) is 4.71. The number of carboxylic acid groups (broad SMARTS) is 1. The van der Waals surface area contributed by atoms with Gasteiger partial charge in [-0.25, -0.2) is 4.99 Å². The van der Waals surface area contributed by atoms with E-state index in [2.05, 4.69) is 0 Å². The van der Waals surface area contributed by atoms with Gasteiger partial charge >= 0.3 is 0 Å². The summed E-state index contributed by atoms with van der Waals surface area (Å²) in [5.41, 5.74) is 2.25. The van der Waals surface area contributed by atoms with Crippen LogP contribution in [0.3, 0.4) is 0 Å². The Bertz CT molecular complexity index is 1340. The number of carbonyl (C=O) groups excluding carboxylic acids is 2. The number of thioether (sulfide) groups is 1. The van der Waals surface area contributed by atoms with Crippen LogP contribution >= 0.6 is 11.8 Å². The second-order valence-electron chi connectivity index (χ2n) is 8.75. The van der Waals surface area contributed by atoms with Crippen LogP contribution in [0.1, 0.15) is 37.7 Å². The van der Waals surface area contributed by atoms with Gasteiger partial charge in [-0.3, -0.25) is 9.69 Å². The van der Waals surface area contributed by atoms with Gasteiger partial charge < -0.3 is 19.2 Å². The van der Waals surface area contributed by atoms with E-state index >= 15 is 0 Å². The highest BCUT2D eigenvalue weighted by Gasteiger charge is 2.39. The Kier molecular flexibility index (Phi) is 6.63. The maximum atomic E-state index is 13.7. The first kappa shape index (κ1) is 23.2. The van der Waals surface area contributed by atoms with Gasteiger partial charge in [0.1, 0.15) is 11.4 Å². The van der Waals surface area contributed by atoms with Crippen LogP contribution in [0.2, 0.25) is 0 Å². The molecule has 0 radical (unpaired) electrons. The number of carboxylic acids is 1. The molecule has 35 heavy (non-hydrogen) atoms. The lowest BCUT2D eigenvalue weighted by atomic mass is 9.94. The van der Waals surface area contributed by atoms with Gasteiger partial charge in [-0.1, -0.05) is 49.6 Å². The number of para-hydroxylation sites is 3. The van der Waals surface area contributed by atoms with E-state index < -0.39 is 5.97 Å². The number of amidine groups is 1. The molecule has 7 nitrogen and oxygen atoms in total. The Labute approximate surface area is 208 Å². The van der Waals surface area contributed by atoms with Gasteiger partial charge in [0, 0.05) is 28.7 Å². The van der Waals surface area contributed by atoms with Crippen molar-refractivity contribution in [1.82, 2.24) is 9.47 Å². The van der Waals surface area contributed by atoms with Gasteiger partial charge in [-0.05, 0) is 48.9 Å². The summed E-state index contributed by atoms with van der Waals surface area (Å²) in [5, 5.41) is 12.8. The molecule has 2 fully saturated rings. The van der Waals surface area contributed by atoms with Crippen LogP contribution in [0.25, 0.3) is 17.0 Å². The number of hydrogen-bond acceptors (Lipinski definition) is 6. The summed E-state index contributed by atoms with van der Waals surface area (Å²) in [5.74, 6) is -0.572. The Morgan fingerprint density at radius 3 is 2.66 bits per heavy atom. The number of nitrogens with zero attached hydrogens (tertiary/aromatic N) is 3. The largest absolute Gasteiger partial charge is 0.548 e. The Balaban J connectivity index is 1.57. The Hall–Kier alpha value is -3.52. The zero-order valence-electron chi connectivity index (χ0n) is 19.5. The molecule has 1 aliphatic carbocycles.